The monoisotopic (exact) mass is 296 g/mol. The first kappa shape index (κ1) is 16.6. The summed E-state index contributed by atoms with van der Waals surface area (Å²) in [7, 11) is 0. The lowest BCUT2D eigenvalue weighted by Gasteiger charge is -2.37. The Labute approximate surface area is 115 Å². The van der Waals surface area contributed by atoms with E-state index in [1.807, 2.05) is 0 Å². The number of nitrogens with zero attached hydrogens (tertiary/aromatic N) is 2. The van der Waals surface area contributed by atoms with Crippen LogP contribution in [0.15, 0.2) is 0 Å². The van der Waals surface area contributed by atoms with E-state index in [1.54, 1.807) is 0 Å². The molecule has 0 aromatic carbocycles. The quantitative estimate of drug-likeness (QED) is 0.868. The number of rotatable bonds is 3. The van der Waals surface area contributed by atoms with Crippen LogP contribution in [0.1, 0.15) is 26.7 Å². The van der Waals surface area contributed by atoms with Crippen LogP contribution in [0.3, 0.4) is 0 Å². The van der Waals surface area contributed by atoms with Gasteiger partial charge in [0, 0.05) is 19.1 Å². The van der Waals surface area contributed by atoms with Crippen LogP contribution in [0, 0.1) is 5.92 Å². The Morgan fingerprint density at radius 3 is 2.45 bits per heavy atom. The number of urea groups is 1. The van der Waals surface area contributed by atoms with Crippen LogP contribution in [-0.4, -0.2) is 58.8 Å². The Hall–Kier alpha value is -1.47. The zero-order valence-corrected chi connectivity index (χ0v) is 11.5. The fourth-order valence-corrected chi connectivity index (χ4v) is 2.20. The van der Waals surface area contributed by atoms with E-state index in [-0.39, 0.29) is 6.54 Å². The maximum absolute atomic E-state index is 12.5. The van der Waals surface area contributed by atoms with Gasteiger partial charge in [-0.2, -0.15) is 13.2 Å². The Bertz CT molecular complexity index is 371. The minimum absolute atomic E-state index is 0.0325. The third-order valence-corrected chi connectivity index (χ3v) is 3.26. The highest BCUT2D eigenvalue weighted by Gasteiger charge is 2.37. The van der Waals surface area contributed by atoms with E-state index in [0.29, 0.717) is 19.4 Å². The normalized spacial score (nSPS) is 20.1. The molecule has 1 saturated heterocycles. The van der Waals surface area contributed by atoms with Crippen LogP contribution < -0.4 is 0 Å². The summed E-state index contributed by atoms with van der Waals surface area (Å²) in [6.07, 6.45) is -3.54. The summed E-state index contributed by atoms with van der Waals surface area (Å²) in [5.74, 6) is -1.72. The third-order valence-electron chi connectivity index (χ3n) is 3.26. The number of alkyl halides is 3. The van der Waals surface area contributed by atoms with Gasteiger partial charge in [0.25, 0.3) is 0 Å². The second-order valence-corrected chi connectivity index (χ2v) is 5.24. The van der Waals surface area contributed by atoms with Gasteiger partial charge in [-0.25, -0.2) is 4.79 Å². The number of likely N-dealkylation sites (tertiary alicyclic amines) is 1. The predicted octanol–water partition coefficient (Wildman–Crippen LogP) is 2.18. The molecule has 1 aliphatic heterocycles. The maximum Gasteiger partial charge on any atom is 0.406 e. The van der Waals surface area contributed by atoms with Gasteiger partial charge >= 0.3 is 18.2 Å². The van der Waals surface area contributed by atoms with Gasteiger partial charge in [-0.05, 0) is 26.7 Å². The average molecular weight is 296 g/mol. The van der Waals surface area contributed by atoms with Crippen LogP contribution in [0.5, 0.6) is 0 Å². The Morgan fingerprint density at radius 1 is 1.40 bits per heavy atom. The van der Waals surface area contributed by atoms with E-state index in [9.17, 15) is 22.8 Å². The molecule has 0 aliphatic carbocycles. The molecule has 0 spiro atoms. The van der Waals surface area contributed by atoms with E-state index in [2.05, 4.69) is 0 Å². The first-order chi connectivity index (χ1) is 9.11. The predicted molar refractivity (Wildman–Crippen MR) is 65.2 cm³/mol. The molecule has 1 atom stereocenters. The van der Waals surface area contributed by atoms with Gasteiger partial charge in [0.1, 0.15) is 6.54 Å². The van der Waals surface area contributed by atoms with Crippen molar-refractivity contribution in [2.75, 3.05) is 19.6 Å². The number of carbonyl (C=O) groups is 2. The van der Waals surface area contributed by atoms with Crippen LogP contribution in [0.2, 0.25) is 0 Å². The Balaban J connectivity index is 2.76. The van der Waals surface area contributed by atoms with Crippen LogP contribution >= 0.6 is 0 Å². The number of hydrogen-bond acceptors (Lipinski definition) is 2. The third kappa shape index (κ3) is 4.57. The molecule has 1 N–H and O–H groups in total. The highest BCUT2D eigenvalue weighted by Crippen LogP contribution is 2.22. The second-order valence-electron chi connectivity index (χ2n) is 5.24. The van der Waals surface area contributed by atoms with Crippen molar-refractivity contribution >= 4 is 12.0 Å². The largest absolute Gasteiger partial charge is 0.481 e. The number of amides is 2. The number of aliphatic carboxylic acids is 1. The standard InChI is InChI=1S/C12H19F3N2O3/c1-8(2)17(7-12(13,14)15)11(20)16-5-3-4-9(6-16)10(18)19/h8-9H,3-7H2,1-2H3,(H,18,19). The van der Waals surface area contributed by atoms with E-state index in [4.69, 9.17) is 5.11 Å². The van der Waals surface area contributed by atoms with Gasteiger partial charge < -0.3 is 14.9 Å². The van der Waals surface area contributed by atoms with Crippen molar-refractivity contribution in [2.24, 2.45) is 5.92 Å². The van der Waals surface area contributed by atoms with Crippen molar-refractivity contribution in [1.82, 2.24) is 9.80 Å². The Morgan fingerprint density at radius 2 is 2.00 bits per heavy atom. The minimum atomic E-state index is -4.47. The van der Waals surface area contributed by atoms with E-state index in [1.165, 1.54) is 18.7 Å². The average Bonchev–Trinajstić information content (AvgIpc) is 2.34. The fourth-order valence-electron chi connectivity index (χ4n) is 2.20. The van der Waals surface area contributed by atoms with Gasteiger partial charge in [-0.1, -0.05) is 0 Å². The molecular weight excluding hydrogens is 277 g/mol. The van der Waals surface area contributed by atoms with Crippen molar-refractivity contribution in [3.05, 3.63) is 0 Å². The lowest BCUT2D eigenvalue weighted by Crippen LogP contribution is -2.53. The molecule has 0 aromatic heterocycles. The van der Waals surface area contributed by atoms with E-state index < -0.39 is 36.7 Å². The zero-order chi connectivity index (χ0) is 15.5. The molecule has 0 radical (unpaired) electrons. The topological polar surface area (TPSA) is 60.9 Å². The number of hydrogen-bond donors (Lipinski definition) is 1. The number of carboxylic acid groups (broad SMARTS) is 1. The van der Waals surface area contributed by atoms with Crippen LogP contribution in [-0.2, 0) is 4.79 Å². The molecule has 0 bridgehead atoms. The summed E-state index contributed by atoms with van der Waals surface area (Å²) < 4.78 is 37.5. The first-order valence-electron chi connectivity index (χ1n) is 6.47. The van der Waals surface area contributed by atoms with Crippen molar-refractivity contribution in [2.45, 2.75) is 38.9 Å². The molecule has 0 saturated carbocycles. The molecule has 1 fully saturated rings. The highest BCUT2D eigenvalue weighted by molar-refractivity contribution is 5.77. The van der Waals surface area contributed by atoms with Crippen LogP contribution in [0.4, 0.5) is 18.0 Å². The first-order valence-corrected chi connectivity index (χ1v) is 6.47. The van der Waals surface area contributed by atoms with Gasteiger partial charge in [0.15, 0.2) is 0 Å². The van der Waals surface area contributed by atoms with Gasteiger partial charge in [0.05, 0.1) is 5.92 Å². The lowest BCUT2D eigenvalue weighted by atomic mass is 9.98. The molecule has 1 unspecified atom stereocenters. The molecule has 1 aliphatic rings. The number of halogens is 3. The molecule has 0 aromatic rings. The summed E-state index contributed by atoms with van der Waals surface area (Å²) >= 11 is 0. The van der Waals surface area contributed by atoms with Gasteiger partial charge in [-0.15, -0.1) is 0 Å². The number of carbonyl (C=O) groups excluding carboxylic acids is 1. The lowest BCUT2D eigenvalue weighted by molar-refractivity contribution is -0.147. The zero-order valence-electron chi connectivity index (χ0n) is 11.5. The second kappa shape index (κ2) is 6.32. The molecule has 116 valence electrons. The summed E-state index contributed by atoms with van der Waals surface area (Å²) in [6.45, 7) is 1.95. The summed E-state index contributed by atoms with van der Waals surface area (Å²) in [6, 6.07) is -1.35. The van der Waals surface area contributed by atoms with Gasteiger partial charge in [0.2, 0.25) is 0 Å². The SMILES string of the molecule is CC(C)N(CC(F)(F)F)C(=O)N1CCCC(C(=O)O)C1. The smallest absolute Gasteiger partial charge is 0.406 e. The summed E-state index contributed by atoms with van der Waals surface area (Å²) in [4.78, 5) is 25.0. The van der Waals surface area contributed by atoms with Crippen molar-refractivity contribution < 1.29 is 27.9 Å². The minimum Gasteiger partial charge on any atom is -0.481 e. The number of carboxylic acids is 1. The molecule has 5 nitrogen and oxygen atoms in total. The molecular formula is C12H19F3N2O3. The number of piperidine rings is 1. The van der Waals surface area contributed by atoms with E-state index in [0.717, 1.165) is 4.90 Å². The fraction of sp³-hybridized carbons (Fsp3) is 0.833. The van der Waals surface area contributed by atoms with Crippen molar-refractivity contribution in [1.29, 1.82) is 0 Å². The molecule has 1 rings (SSSR count). The van der Waals surface area contributed by atoms with Crippen molar-refractivity contribution in [3.63, 3.8) is 0 Å². The summed E-state index contributed by atoms with van der Waals surface area (Å²) in [5, 5.41) is 8.94. The maximum atomic E-state index is 12.5. The molecule has 8 heteroatoms. The Kier molecular flexibility index (Phi) is 5.24. The van der Waals surface area contributed by atoms with Crippen molar-refractivity contribution in [3.8, 4) is 0 Å². The molecule has 20 heavy (non-hydrogen) atoms. The van der Waals surface area contributed by atoms with Gasteiger partial charge in [-0.3, -0.25) is 4.79 Å². The summed E-state index contributed by atoms with van der Waals surface area (Å²) in [5.41, 5.74) is 0. The van der Waals surface area contributed by atoms with Crippen LogP contribution in [0.25, 0.3) is 0 Å². The molecule has 1 heterocycles. The van der Waals surface area contributed by atoms with E-state index >= 15 is 0 Å². The highest BCUT2D eigenvalue weighted by atomic mass is 19.4. The molecule has 2 amide bonds.